The van der Waals surface area contributed by atoms with Crippen molar-refractivity contribution in [2.45, 2.75) is 0 Å². The number of rotatable bonds is 1. The summed E-state index contributed by atoms with van der Waals surface area (Å²) in [5, 5.41) is 9.15. The molecule has 2 heterocycles. The Morgan fingerprint density at radius 2 is 2.12 bits per heavy atom. The summed E-state index contributed by atoms with van der Waals surface area (Å²) in [7, 11) is 0. The van der Waals surface area contributed by atoms with Gasteiger partial charge < -0.3 is 5.11 Å². The van der Waals surface area contributed by atoms with Crippen molar-refractivity contribution in [3.8, 4) is 0 Å². The molecule has 1 N–H and O–H groups in total. The van der Waals surface area contributed by atoms with Crippen molar-refractivity contribution in [2.24, 2.45) is 0 Å². The van der Waals surface area contributed by atoms with E-state index in [0.717, 1.165) is 10.6 Å². The van der Waals surface area contributed by atoms with Gasteiger partial charge in [0.05, 0.1) is 10.0 Å². The Morgan fingerprint density at radius 3 is 2.75 bits per heavy atom. The van der Waals surface area contributed by atoms with Gasteiger partial charge in [0.25, 0.3) is 5.56 Å². The third-order valence-electron chi connectivity index (χ3n) is 1.95. The lowest BCUT2D eigenvalue weighted by atomic mass is 10.3. The van der Waals surface area contributed by atoms with Gasteiger partial charge in [-0.2, -0.15) is 0 Å². The molecule has 0 aliphatic rings. The lowest BCUT2D eigenvalue weighted by molar-refractivity contribution is 0.0694. The second-order valence-electron chi connectivity index (χ2n) is 2.98. The lowest BCUT2D eigenvalue weighted by Gasteiger charge is -2.03. The van der Waals surface area contributed by atoms with Crippen molar-refractivity contribution in [2.75, 3.05) is 0 Å². The molecule has 0 unspecified atom stereocenters. The summed E-state index contributed by atoms with van der Waals surface area (Å²) in [6.07, 6.45) is 2.24. The van der Waals surface area contributed by atoms with Crippen LogP contribution in [0.15, 0.2) is 23.3 Å². The molecule has 2 aromatic rings. The summed E-state index contributed by atoms with van der Waals surface area (Å²) in [6.45, 7) is 0. The number of carboxylic acids is 1. The van der Waals surface area contributed by atoms with Crippen LogP contribution in [0, 0.1) is 0 Å². The van der Waals surface area contributed by atoms with Gasteiger partial charge in [-0.3, -0.25) is 9.20 Å². The highest BCUT2D eigenvalue weighted by molar-refractivity contribution is 6.36. The molecule has 0 saturated heterocycles. The Hall–Kier alpha value is -1.59. The van der Waals surface area contributed by atoms with Crippen LogP contribution in [0.2, 0.25) is 10.0 Å². The maximum Gasteiger partial charge on any atom is 0.342 e. The first-order chi connectivity index (χ1) is 7.50. The zero-order valence-corrected chi connectivity index (χ0v) is 9.16. The molecule has 7 heteroatoms. The summed E-state index contributed by atoms with van der Waals surface area (Å²) < 4.78 is 1.01. The molecule has 0 atom stereocenters. The number of halogens is 2. The second kappa shape index (κ2) is 3.77. The third kappa shape index (κ3) is 1.64. The van der Waals surface area contributed by atoms with Crippen LogP contribution in [0.4, 0.5) is 0 Å². The monoisotopic (exact) mass is 258 g/mol. The molecule has 2 rings (SSSR count). The fourth-order valence-corrected chi connectivity index (χ4v) is 1.78. The molecule has 0 bridgehead atoms. The molecule has 0 radical (unpaired) electrons. The molecule has 0 aliphatic heterocycles. The largest absolute Gasteiger partial charge is 0.477 e. The van der Waals surface area contributed by atoms with E-state index in [1.54, 1.807) is 0 Å². The van der Waals surface area contributed by atoms with Crippen LogP contribution in [0.5, 0.6) is 0 Å². The first-order valence-electron chi connectivity index (χ1n) is 4.10. The number of fused-ring (bicyclic) bond motifs is 1. The number of aromatic carboxylic acids is 1. The van der Waals surface area contributed by atoms with Crippen LogP contribution in [0.25, 0.3) is 5.65 Å². The van der Waals surface area contributed by atoms with Gasteiger partial charge in [-0.05, 0) is 6.07 Å². The number of carboxylic acid groups (broad SMARTS) is 1. The van der Waals surface area contributed by atoms with Crippen LogP contribution >= 0.6 is 23.2 Å². The van der Waals surface area contributed by atoms with Gasteiger partial charge in [0, 0.05) is 12.4 Å². The van der Waals surface area contributed by atoms with Crippen LogP contribution in [0.3, 0.4) is 0 Å². The first kappa shape index (κ1) is 10.9. The fraction of sp³-hybridized carbons (Fsp3) is 0. The van der Waals surface area contributed by atoms with Gasteiger partial charge in [0.15, 0.2) is 5.65 Å². The summed E-state index contributed by atoms with van der Waals surface area (Å²) in [5.74, 6) is -1.34. The van der Waals surface area contributed by atoms with E-state index in [1.807, 2.05) is 0 Å². The van der Waals surface area contributed by atoms with Crippen molar-refractivity contribution in [1.29, 1.82) is 0 Å². The molecular weight excluding hydrogens is 255 g/mol. The van der Waals surface area contributed by atoms with Crippen LogP contribution in [0.1, 0.15) is 10.4 Å². The zero-order chi connectivity index (χ0) is 11.9. The maximum atomic E-state index is 11.7. The van der Waals surface area contributed by atoms with Gasteiger partial charge in [0.1, 0.15) is 5.56 Å². The number of carbonyl (C=O) groups is 1. The highest BCUT2D eigenvalue weighted by Gasteiger charge is 2.13. The molecule has 82 valence electrons. The molecule has 0 amide bonds. The molecule has 16 heavy (non-hydrogen) atoms. The number of aromatic nitrogens is 2. The molecular formula is C9H4Cl2N2O3. The fourth-order valence-electron chi connectivity index (χ4n) is 1.26. The quantitative estimate of drug-likeness (QED) is 0.845. The average molecular weight is 259 g/mol. The van der Waals surface area contributed by atoms with E-state index in [0.29, 0.717) is 0 Å². The molecule has 5 nitrogen and oxygen atoms in total. The van der Waals surface area contributed by atoms with E-state index in [4.69, 9.17) is 28.3 Å². The van der Waals surface area contributed by atoms with Gasteiger partial charge >= 0.3 is 5.97 Å². The van der Waals surface area contributed by atoms with Gasteiger partial charge in [-0.15, -0.1) is 0 Å². The lowest BCUT2D eigenvalue weighted by Crippen LogP contribution is -2.22. The molecule has 0 aliphatic carbocycles. The van der Waals surface area contributed by atoms with E-state index in [-0.39, 0.29) is 15.7 Å². The summed E-state index contributed by atoms with van der Waals surface area (Å²) in [6, 6.07) is 1.42. The minimum absolute atomic E-state index is 0.168. The van der Waals surface area contributed by atoms with Crippen molar-refractivity contribution in [1.82, 2.24) is 9.38 Å². The predicted molar refractivity (Wildman–Crippen MR) is 58.4 cm³/mol. The Bertz CT molecular complexity index is 651. The van der Waals surface area contributed by atoms with Crippen LogP contribution in [-0.2, 0) is 0 Å². The smallest absolute Gasteiger partial charge is 0.342 e. The Morgan fingerprint density at radius 1 is 1.44 bits per heavy atom. The zero-order valence-electron chi connectivity index (χ0n) is 7.65. The summed E-state index contributed by atoms with van der Waals surface area (Å²) >= 11 is 11.5. The highest BCUT2D eigenvalue weighted by atomic mass is 35.5. The standard InChI is InChI=1S/C9H4Cl2N2O3/c10-4-1-6(11)7-12-2-5(9(15)16)8(14)13(7)3-4/h1-3H,(H,15,16). The van der Waals surface area contributed by atoms with Crippen molar-refractivity contribution in [3.63, 3.8) is 0 Å². The Kier molecular flexibility index (Phi) is 2.57. The van der Waals surface area contributed by atoms with E-state index >= 15 is 0 Å². The van der Waals surface area contributed by atoms with E-state index in [1.165, 1.54) is 12.3 Å². The van der Waals surface area contributed by atoms with Crippen molar-refractivity contribution >= 4 is 34.8 Å². The first-order valence-corrected chi connectivity index (χ1v) is 4.86. The normalized spacial score (nSPS) is 10.6. The van der Waals surface area contributed by atoms with Gasteiger partial charge in [-0.1, -0.05) is 23.2 Å². The summed E-state index contributed by atoms with van der Waals surface area (Å²) in [4.78, 5) is 26.2. The van der Waals surface area contributed by atoms with Crippen molar-refractivity contribution < 1.29 is 9.90 Å². The predicted octanol–water partition coefficient (Wildman–Crippen LogP) is 1.70. The van der Waals surface area contributed by atoms with Crippen LogP contribution < -0.4 is 5.56 Å². The number of pyridine rings is 1. The Labute approximate surface area is 98.9 Å². The van der Waals surface area contributed by atoms with Crippen LogP contribution in [-0.4, -0.2) is 20.5 Å². The molecule has 0 saturated carbocycles. The Balaban J connectivity index is 2.95. The highest BCUT2D eigenvalue weighted by Crippen LogP contribution is 2.19. The average Bonchev–Trinajstić information content (AvgIpc) is 2.19. The number of nitrogens with zero attached hydrogens (tertiary/aromatic N) is 2. The van der Waals surface area contributed by atoms with Crippen molar-refractivity contribution in [3.05, 3.63) is 44.4 Å². The SMILES string of the molecule is O=C(O)c1cnc2c(Cl)cc(Cl)cn2c1=O. The molecule has 0 fully saturated rings. The number of hydrogen-bond donors (Lipinski definition) is 1. The van der Waals surface area contributed by atoms with E-state index in [2.05, 4.69) is 4.98 Å². The van der Waals surface area contributed by atoms with E-state index in [9.17, 15) is 9.59 Å². The number of hydrogen-bond acceptors (Lipinski definition) is 3. The second-order valence-corrected chi connectivity index (χ2v) is 3.83. The van der Waals surface area contributed by atoms with Gasteiger partial charge in [0.2, 0.25) is 0 Å². The minimum atomic E-state index is -1.34. The topological polar surface area (TPSA) is 71.7 Å². The maximum absolute atomic E-state index is 11.7. The van der Waals surface area contributed by atoms with E-state index < -0.39 is 17.1 Å². The third-order valence-corrected chi connectivity index (χ3v) is 2.44. The molecule has 0 spiro atoms. The minimum Gasteiger partial charge on any atom is -0.477 e. The summed E-state index contributed by atoms with van der Waals surface area (Å²) in [5.41, 5.74) is -0.987. The van der Waals surface area contributed by atoms with Gasteiger partial charge in [-0.25, -0.2) is 9.78 Å². The molecule has 2 aromatic heterocycles. The molecule has 0 aromatic carbocycles.